The van der Waals surface area contributed by atoms with Crippen LogP contribution >= 0.6 is 0 Å². The van der Waals surface area contributed by atoms with E-state index in [0.717, 1.165) is 24.9 Å². The average Bonchev–Trinajstić information content (AvgIpc) is 3.15. The van der Waals surface area contributed by atoms with Crippen molar-refractivity contribution in [1.82, 2.24) is 15.0 Å². The summed E-state index contributed by atoms with van der Waals surface area (Å²) in [6.45, 7) is 1.68. The molecule has 1 aliphatic rings. The van der Waals surface area contributed by atoms with Crippen LogP contribution in [0.2, 0.25) is 0 Å². The lowest BCUT2D eigenvalue weighted by atomic mass is 9.96. The summed E-state index contributed by atoms with van der Waals surface area (Å²) in [5.41, 5.74) is 2.07. The van der Waals surface area contributed by atoms with Crippen LogP contribution in [0.15, 0.2) is 53.1 Å². The number of likely N-dealkylation sites (tertiary alicyclic amines) is 1. The maximum atomic E-state index is 13.4. The number of aryl methyl sites for hydroxylation is 1. The summed E-state index contributed by atoms with van der Waals surface area (Å²) < 4.78 is 18.8. The summed E-state index contributed by atoms with van der Waals surface area (Å²) in [6, 6.07) is 14.4. The van der Waals surface area contributed by atoms with Crippen molar-refractivity contribution in [2.45, 2.75) is 51.1 Å². The van der Waals surface area contributed by atoms with Gasteiger partial charge in [-0.05, 0) is 67.6 Å². The van der Waals surface area contributed by atoms with Crippen LogP contribution in [0.3, 0.4) is 0 Å². The van der Waals surface area contributed by atoms with Gasteiger partial charge in [0.1, 0.15) is 11.6 Å². The van der Waals surface area contributed by atoms with Crippen molar-refractivity contribution in [3.05, 3.63) is 77.2 Å². The second-order valence-electron chi connectivity index (χ2n) is 7.74. The maximum Gasteiger partial charge on any atom is 0.240 e. The van der Waals surface area contributed by atoms with Crippen molar-refractivity contribution < 1.29 is 14.0 Å². The number of aromatic hydroxyl groups is 1. The van der Waals surface area contributed by atoms with Crippen LogP contribution in [0, 0.1) is 5.82 Å². The standard InChI is InChI=1S/C23H26FN3O2/c24-19-5-3-4-18(14-19)15-22-25-23(29-26-22)16-27-13-2-1-6-20(27)10-7-17-8-11-21(28)12-9-17/h3-5,8-9,11-12,14,20,28H,1-2,6-7,10,13,15-16H2. The molecule has 1 fully saturated rings. The number of benzene rings is 2. The van der Waals surface area contributed by atoms with Gasteiger partial charge >= 0.3 is 0 Å². The zero-order valence-corrected chi connectivity index (χ0v) is 16.4. The Kier molecular flexibility index (Phi) is 6.20. The van der Waals surface area contributed by atoms with E-state index >= 15 is 0 Å². The first-order valence-electron chi connectivity index (χ1n) is 10.2. The predicted molar refractivity (Wildman–Crippen MR) is 108 cm³/mol. The van der Waals surface area contributed by atoms with E-state index in [0.29, 0.717) is 36.5 Å². The van der Waals surface area contributed by atoms with Crippen LogP contribution in [-0.4, -0.2) is 32.7 Å². The fourth-order valence-corrected chi connectivity index (χ4v) is 4.02. The minimum atomic E-state index is -0.254. The molecule has 1 aliphatic heterocycles. The molecule has 1 unspecified atom stereocenters. The van der Waals surface area contributed by atoms with E-state index in [1.165, 1.54) is 37.0 Å². The van der Waals surface area contributed by atoms with Gasteiger partial charge in [-0.2, -0.15) is 4.98 Å². The highest BCUT2D eigenvalue weighted by Crippen LogP contribution is 2.24. The van der Waals surface area contributed by atoms with Crippen molar-refractivity contribution in [2.24, 2.45) is 0 Å². The Labute approximate surface area is 170 Å². The summed E-state index contributed by atoms with van der Waals surface area (Å²) in [5, 5.41) is 13.5. The molecular formula is C23H26FN3O2. The topological polar surface area (TPSA) is 62.4 Å². The molecule has 0 spiro atoms. The summed E-state index contributed by atoms with van der Waals surface area (Å²) in [5.74, 6) is 1.26. The Morgan fingerprint density at radius 3 is 2.79 bits per heavy atom. The zero-order chi connectivity index (χ0) is 20.1. The number of hydrogen-bond acceptors (Lipinski definition) is 5. The van der Waals surface area contributed by atoms with Crippen molar-refractivity contribution in [3.63, 3.8) is 0 Å². The molecule has 4 rings (SSSR count). The number of phenolic OH excluding ortho intramolecular Hbond substituents is 1. The van der Waals surface area contributed by atoms with Gasteiger partial charge < -0.3 is 9.63 Å². The van der Waals surface area contributed by atoms with Gasteiger partial charge in [-0.25, -0.2) is 4.39 Å². The lowest BCUT2D eigenvalue weighted by Crippen LogP contribution is -2.39. The van der Waals surface area contributed by atoms with Crippen LogP contribution in [0.5, 0.6) is 5.75 Å². The van der Waals surface area contributed by atoms with E-state index in [9.17, 15) is 9.50 Å². The van der Waals surface area contributed by atoms with Crippen molar-refractivity contribution in [3.8, 4) is 5.75 Å². The van der Waals surface area contributed by atoms with Crippen LogP contribution in [0.4, 0.5) is 4.39 Å². The Bertz CT molecular complexity index is 926. The van der Waals surface area contributed by atoms with Gasteiger partial charge in [-0.3, -0.25) is 4.90 Å². The van der Waals surface area contributed by atoms with Crippen molar-refractivity contribution in [1.29, 1.82) is 0 Å². The number of rotatable bonds is 7. The van der Waals surface area contributed by atoms with E-state index in [1.54, 1.807) is 18.2 Å². The van der Waals surface area contributed by atoms with Gasteiger partial charge in [-0.15, -0.1) is 0 Å². The predicted octanol–water partition coefficient (Wildman–Crippen LogP) is 4.49. The van der Waals surface area contributed by atoms with E-state index in [4.69, 9.17) is 4.52 Å². The van der Waals surface area contributed by atoms with Crippen LogP contribution in [0.25, 0.3) is 0 Å². The number of aromatic nitrogens is 2. The molecule has 1 aromatic heterocycles. The fraction of sp³-hybridized carbons (Fsp3) is 0.391. The molecule has 0 radical (unpaired) electrons. The molecule has 1 N–H and O–H groups in total. The minimum Gasteiger partial charge on any atom is -0.508 e. The normalized spacial score (nSPS) is 17.5. The molecule has 0 bridgehead atoms. The molecule has 1 saturated heterocycles. The summed E-state index contributed by atoms with van der Waals surface area (Å²) in [4.78, 5) is 6.96. The minimum absolute atomic E-state index is 0.254. The molecular weight excluding hydrogens is 369 g/mol. The fourth-order valence-electron chi connectivity index (χ4n) is 4.02. The van der Waals surface area contributed by atoms with Gasteiger partial charge in [-0.1, -0.05) is 35.8 Å². The first-order chi connectivity index (χ1) is 14.2. The first kappa shape index (κ1) is 19.6. The van der Waals surface area contributed by atoms with Gasteiger partial charge in [0.05, 0.1) is 6.54 Å². The Morgan fingerprint density at radius 1 is 1.10 bits per heavy atom. The van der Waals surface area contributed by atoms with Gasteiger partial charge in [0, 0.05) is 12.5 Å². The number of nitrogens with zero attached hydrogens (tertiary/aromatic N) is 3. The summed E-state index contributed by atoms with van der Waals surface area (Å²) >= 11 is 0. The SMILES string of the molecule is Oc1ccc(CCC2CCCCN2Cc2nc(Cc3cccc(F)c3)no2)cc1. The molecule has 29 heavy (non-hydrogen) atoms. The lowest BCUT2D eigenvalue weighted by molar-refractivity contribution is 0.117. The smallest absolute Gasteiger partial charge is 0.240 e. The Balaban J connectivity index is 1.35. The van der Waals surface area contributed by atoms with Crippen molar-refractivity contribution in [2.75, 3.05) is 6.54 Å². The Morgan fingerprint density at radius 2 is 1.97 bits per heavy atom. The van der Waals surface area contributed by atoms with E-state index in [1.807, 2.05) is 18.2 Å². The van der Waals surface area contributed by atoms with Crippen LogP contribution < -0.4 is 0 Å². The van der Waals surface area contributed by atoms with Gasteiger partial charge in [0.2, 0.25) is 5.89 Å². The third kappa shape index (κ3) is 5.41. The highest BCUT2D eigenvalue weighted by molar-refractivity contribution is 5.26. The highest BCUT2D eigenvalue weighted by atomic mass is 19.1. The second-order valence-corrected chi connectivity index (χ2v) is 7.74. The zero-order valence-electron chi connectivity index (χ0n) is 16.4. The summed E-state index contributed by atoms with van der Waals surface area (Å²) in [7, 11) is 0. The molecule has 0 saturated carbocycles. The third-order valence-corrected chi connectivity index (χ3v) is 5.55. The van der Waals surface area contributed by atoms with Crippen LogP contribution in [-0.2, 0) is 19.4 Å². The molecule has 2 aromatic carbocycles. The molecule has 152 valence electrons. The number of piperidine rings is 1. The molecule has 3 aromatic rings. The molecule has 2 heterocycles. The van der Waals surface area contributed by atoms with E-state index in [2.05, 4.69) is 15.0 Å². The number of hydrogen-bond donors (Lipinski definition) is 1. The van der Waals surface area contributed by atoms with Gasteiger partial charge in [0.25, 0.3) is 0 Å². The number of phenols is 1. The van der Waals surface area contributed by atoms with Crippen molar-refractivity contribution >= 4 is 0 Å². The average molecular weight is 395 g/mol. The lowest BCUT2D eigenvalue weighted by Gasteiger charge is -2.34. The third-order valence-electron chi connectivity index (χ3n) is 5.55. The molecule has 0 amide bonds. The Hall–Kier alpha value is -2.73. The van der Waals surface area contributed by atoms with E-state index in [-0.39, 0.29) is 5.82 Å². The first-order valence-corrected chi connectivity index (χ1v) is 10.2. The van der Waals surface area contributed by atoms with Crippen LogP contribution in [0.1, 0.15) is 48.5 Å². The monoisotopic (exact) mass is 395 g/mol. The van der Waals surface area contributed by atoms with Gasteiger partial charge in [0.15, 0.2) is 5.82 Å². The molecule has 1 atom stereocenters. The number of halogens is 1. The molecule has 5 nitrogen and oxygen atoms in total. The summed E-state index contributed by atoms with van der Waals surface area (Å²) in [6.07, 6.45) is 6.10. The largest absolute Gasteiger partial charge is 0.508 e. The molecule has 6 heteroatoms. The quantitative estimate of drug-likeness (QED) is 0.639. The second kappa shape index (κ2) is 9.18. The van der Waals surface area contributed by atoms with E-state index < -0.39 is 0 Å². The maximum absolute atomic E-state index is 13.4. The molecule has 0 aliphatic carbocycles. The highest BCUT2D eigenvalue weighted by Gasteiger charge is 2.24.